The molecule has 6 heteroatoms. The Morgan fingerprint density at radius 1 is 1.26 bits per heavy atom. The fourth-order valence-electron chi connectivity index (χ4n) is 2.62. The minimum atomic E-state index is -3.27. The predicted molar refractivity (Wildman–Crippen MR) is 77.1 cm³/mol. The van der Waals surface area contributed by atoms with E-state index in [4.69, 9.17) is 0 Å². The highest BCUT2D eigenvalue weighted by Crippen LogP contribution is 2.45. The maximum atomic E-state index is 12.2. The quantitative estimate of drug-likeness (QED) is 0.765. The van der Waals surface area contributed by atoms with E-state index in [0.29, 0.717) is 19.0 Å². The highest BCUT2D eigenvalue weighted by molar-refractivity contribution is 7.87. The zero-order valence-corrected chi connectivity index (χ0v) is 13.1. The Kier molecular flexibility index (Phi) is 4.55. The normalized spacial score (nSPS) is 28.5. The molecule has 2 rings (SSSR count). The number of nitrogens with one attached hydrogen (secondary N) is 2. The lowest BCUT2D eigenvalue weighted by atomic mass is 9.98. The van der Waals surface area contributed by atoms with Crippen molar-refractivity contribution in [3.63, 3.8) is 0 Å². The second-order valence-electron chi connectivity index (χ2n) is 6.52. The van der Waals surface area contributed by atoms with Crippen molar-refractivity contribution in [2.24, 2.45) is 11.3 Å². The molecule has 0 aromatic carbocycles. The summed E-state index contributed by atoms with van der Waals surface area (Å²) in [6, 6.07) is 0.122. The summed E-state index contributed by atoms with van der Waals surface area (Å²) in [5.41, 5.74) is 0.135. The Morgan fingerprint density at radius 3 is 2.32 bits per heavy atom. The van der Waals surface area contributed by atoms with E-state index in [9.17, 15) is 8.42 Å². The van der Waals surface area contributed by atoms with Crippen LogP contribution in [0.5, 0.6) is 0 Å². The summed E-state index contributed by atoms with van der Waals surface area (Å²) in [6.45, 7) is 9.59. The second kappa shape index (κ2) is 5.68. The maximum absolute atomic E-state index is 12.2. The molecule has 5 nitrogen and oxygen atoms in total. The van der Waals surface area contributed by atoms with Gasteiger partial charge in [0, 0.05) is 19.1 Å². The van der Waals surface area contributed by atoms with Gasteiger partial charge in [0.1, 0.15) is 0 Å². The lowest BCUT2D eigenvalue weighted by molar-refractivity contribution is 0.265. The van der Waals surface area contributed by atoms with E-state index in [0.717, 1.165) is 32.4 Å². The Hall–Kier alpha value is -0.170. The van der Waals surface area contributed by atoms with E-state index in [2.05, 4.69) is 30.8 Å². The fraction of sp³-hybridized carbons (Fsp3) is 1.00. The molecule has 2 fully saturated rings. The minimum Gasteiger partial charge on any atom is -0.317 e. The van der Waals surface area contributed by atoms with Gasteiger partial charge >= 0.3 is 0 Å². The van der Waals surface area contributed by atoms with Crippen LogP contribution in [0.1, 0.15) is 40.0 Å². The third-order valence-electron chi connectivity index (χ3n) is 4.40. The van der Waals surface area contributed by atoms with Gasteiger partial charge in [0.05, 0.1) is 0 Å². The smallest absolute Gasteiger partial charge is 0.279 e. The second-order valence-corrected chi connectivity index (χ2v) is 8.22. The molecule has 0 aromatic rings. The molecule has 0 aromatic heterocycles. The van der Waals surface area contributed by atoms with Gasteiger partial charge in [-0.25, -0.2) is 0 Å². The van der Waals surface area contributed by atoms with Crippen LogP contribution in [0.2, 0.25) is 0 Å². The molecule has 1 saturated heterocycles. The molecule has 112 valence electrons. The fourth-order valence-corrected chi connectivity index (χ4v) is 4.23. The molecule has 0 bridgehead atoms. The van der Waals surface area contributed by atoms with Crippen molar-refractivity contribution in [3.8, 4) is 0 Å². The molecule has 0 spiro atoms. The first-order chi connectivity index (χ1) is 8.85. The molecule has 0 radical (unpaired) electrons. The van der Waals surface area contributed by atoms with Crippen LogP contribution in [0.4, 0.5) is 0 Å². The first kappa shape index (κ1) is 15.2. The van der Waals surface area contributed by atoms with Crippen LogP contribution in [-0.4, -0.2) is 44.9 Å². The lowest BCUT2D eigenvalue weighted by Crippen LogP contribution is -2.47. The Bertz CT molecular complexity index is 400. The van der Waals surface area contributed by atoms with Crippen LogP contribution >= 0.6 is 0 Å². The minimum absolute atomic E-state index is 0.122. The Labute approximate surface area is 117 Å². The molecule has 1 aliphatic carbocycles. The monoisotopic (exact) mass is 289 g/mol. The van der Waals surface area contributed by atoms with Crippen molar-refractivity contribution in [2.45, 2.75) is 46.1 Å². The predicted octanol–water partition coefficient (Wildman–Crippen LogP) is 0.941. The number of piperidine rings is 1. The van der Waals surface area contributed by atoms with Crippen LogP contribution in [0, 0.1) is 11.3 Å². The van der Waals surface area contributed by atoms with Crippen LogP contribution in [0.15, 0.2) is 0 Å². The van der Waals surface area contributed by atoms with Crippen molar-refractivity contribution in [1.82, 2.24) is 14.3 Å². The number of hydrogen-bond donors (Lipinski definition) is 2. The summed E-state index contributed by atoms with van der Waals surface area (Å²) in [5.74, 6) is 0.615. The molecule has 2 N–H and O–H groups in total. The SMILES string of the molecule is CCNCC1CCN(S(=O)(=O)NC2CC2(C)C)CC1. The van der Waals surface area contributed by atoms with Crippen molar-refractivity contribution in [3.05, 3.63) is 0 Å². The van der Waals surface area contributed by atoms with Gasteiger partial charge in [-0.05, 0) is 43.7 Å². The maximum Gasteiger partial charge on any atom is 0.279 e. The standard InChI is InChI=1S/C13H27N3O2S/c1-4-14-10-11-5-7-16(8-6-11)19(17,18)15-12-9-13(12,2)3/h11-12,14-15H,4-10H2,1-3H3. The van der Waals surface area contributed by atoms with Gasteiger partial charge in [0.25, 0.3) is 10.2 Å². The third kappa shape index (κ3) is 3.90. The van der Waals surface area contributed by atoms with Crippen LogP contribution in [0.25, 0.3) is 0 Å². The van der Waals surface area contributed by atoms with E-state index in [-0.39, 0.29) is 11.5 Å². The number of hydrogen-bond acceptors (Lipinski definition) is 3. The van der Waals surface area contributed by atoms with E-state index >= 15 is 0 Å². The molecule has 1 saturated carbocycles. The molecule has 19 heavy (non-hydrogen) atoms. The topological polar surface area (TPSA) is 61.4 Å². The van der Waals surface area contributed by atoms with Crippen molar-refractivity contribution in [1.29, 1.82) is 0 Å². The van der Waals surface area contributed by atoms with Gasteiger partial charge in [-0.3, -0.25) is 0 Å². The van der Waals surface area contributed by atoms with E-state index < -0.39 is 10.2 Å². The molecule has 1 aliphatic heterocycles. The summed E-state index contributed by atoms with van der Waals surface area (Å²) in [5, 5.41) is 3.34. The molecule has 2 aliphatic rings. The third-order valence-corrected chi connectivity index (χ3v) is 6.03. The average molecular weight is 289 g/mol. The first-order valence-electron chi connectivity index (χ1n) is 7.33. The summed E-state index contributed by atoms with van der Waals surface area (Å²) in [6.07, 6.45) is 2.87. The van der Waals surface area contributed by atoms with Crippen LogP contribution in [-0.2, 0) is 10.2 Å². The molecule has 1 unspecified atom stereocenters. The first-order valence-corrected chi connectivity index (χ1v) is 8.77. The van der Waals surface area contributed by atoms with Crippen LogP contribution < -0.4 is 10.0 Å². The summed E-state index contributed by atoms with van der Waals surface area (Å²) < 4.78 is 28.9. The Morgan fingerprint density at radius 2 is 1.84 bits per heavy atom. The van der Waals surface area contributed by atoms with Gasteiger partial charge in [0.2, 0.25) is 0 Å². The molecular formula is C13H27N3O2S. The van der Waals surface area contributed by atoms with E-state index in [1.165, 1.54) is 0 Å². The van der Waals surface area contributed by atoms with Crippen molar-refractivity contribution >= 4 is 10.2 Å². The summed E-state index contributed by atoms with van der Waals surface area (Å²) >= 11 is 0. The zero-order chi connectivity index (χ0) is 14.1. The van der Waals surface area contributed by atoms with Gasteiger partial charge in [-0.15, -0.1) is 0 Å². The van der Waals surface area contributed by atoms with E-state index in [1.54, 1.807) is 4.31 Å². The highest BCUT2D eigenvalue weighted by Gasteiger charge is 2.48. The molecule has 1 atom stereocenters. The van der Waals surface area contributed by atoms with Gasteiger partial charge in [-0.2, -0.15) is 17.4 Å². The van der Waals surface area contributed by atoms with E-state index in [1.807, 2.05) is 0 Å². The van der Waals surface area contributed by atoms with Crippen LogP contribution in [0.3, 0.4) is 0 Å². The average Bonchev–Trinajstić information content (AvgIpc) is 2.93. The molecular weight excluding hydrogens is 262 g/mol. The molecule has 0 amide bonds. The number of nitrogens with zero attached hydrogens (tertiary/aromatic N) is 1. The Balaban J connectivity index is 1.80. The molecule has 1 heterocycles. The lowest BCUT2D eigenvalue weighted by Gasteiger charge is -2.31. The van der Waals surface area contributed by atoms with Crippen molar-refractivity contribution in [2.75, 3.05) is 26.2 Å². The highest BCUT2D eigenvalue weighted by atomic mass is 32.2. The van der Waals surface area contributed by atoms with Crippen molar-refractivity contribution < 1.29 is 8.42 Å². The summed E-state index contributed by atoms with van der Waals surface area (Å²) in [4.78, 5) is 0. The zero-order valence-electron chi connectivity index (χ0n) is 12.3. The largest absolute Gasteiger partial charge is 0.317 e. The van der Waals surface area contributed by atoms with Gasteiger partial charge in [0.15, 0.2) is 0 Å². The van der Waals surface area contributed by atoms with Gasteiger partial charge in [-0.1, -0.05) is 20.8 Å². The van der Waals surface area contributed by atoms with Gasteiger partial charge < -0.3 is 5.32 Å². The number of rotatable bonds is 6. The summed E-state index contributed by atoms with van der Waals surface area (Å²) in [7, 11) is -3.27.